The lowest BCUT2D eigenvalue weighted by molar-refractivity contribution is -0.155. The molecule has 0 bridgehead atoms. The Hall–Kier alpha value is -2.37. The molecule has 2 aromatic carbocycles. The molecule has 0 spiro atoms. The third kappa shape index (κ3) is 3.84. The van der Waals surface area contributed by atoms with Crippen LogP contribution in [0, 0.1) is 12.7 Å². The Bertz CT molecular complexity index is 647. The SMILES string of the molecule is Cc1ccc(C(=O)NC(c2ccc(F)cc2)C(F)(F)F)cc1. The molecule has 0 radical (unpaired) electrons. The van der Waals surface area contributed by atoms with Crippen molar-refractivity contribution in [2.75, 3.05) is 0 Å². The average Bonchev–Trinajstić information content (AvgIpc) is 2.45. The Morgan fingerprint density at radius 3 is 2.05 bits per heavy atom. The van der Waals surface area contributed by atoms with Crippen molar-refractivity contribution >= 4 is 5.91 Å². The minimum Gasteiger partial charge on any atom is -0.337 e. The zero-order valence-corrected chi connectivity index (χ0v) is 11.6. The van der Waals surface area contributed by atoms with Gasteiger partial charge in [-0.05, 0) is 36.8 Å². The summed E-state index contributed by atoms with van der Waals surface area (Å²) in [5, 5.41) is 1.94. The monoisotopic (exact) mass is 311 g/mol. The normalized spacial score (nSPS) is 12.8. The first kappa shape index (κ1) is 16.0. The highest BCUT2D eigenvalue weighted by Gasteiger charge is 2.42. The zero-order valence-electron chi connectivity index (χ0n) is 11.6. The molecule has 2 nitrogen and oxygen atoms in total. The van der Waals surface area contributed by atoms with Crippen LogP contribution in [0.25, 0.3) is 0 Å². The predicted molar refractivity (Wildman–Crippen MR) is 73.8 cm³/mol. The second-order valence-electron chi connectivity index (χ2n) is 4.87. The molecular formula is C16H13F4NO. The van der Waals surface area contributed by atoms with E-state index in [2.05, 4.69) is 0 Å². The van der Waals surface area contributed by atoms with Crippen molar-refractivity contribution in [2.45, 2.75) is 19.1 Å². The Kier molecular flexibility index (Phi) is 4.49. The van der Waals surface area contributed by atoms with Crippen LogP contribution in [0.5, 0.6) is 0 Å². The first-order chi connectivity index (χ1) is 10.3. The Morgan fingerprint density at radius 1 is 1.00 bits per heavy atom. The quantitative estimate of drug-likeness (QED) is 0.847. The number of carbonyl (C=O) groups excluding carboxylic acids is 1. The fourth-order valence-corrected chi connectivity index (χ4v) is 1.93. The van der Waals surface area contributed by atoms with Gasteiger partial charge in [-0.15, -0.1) is 0 Å². The highest BCUT2D eigenvalue weighted by molar-refractivity contribution is 5.94. The zero-order chi connectivity index (χ0) is 16.3. The Balaban J connectivity index is 2.25. The summed E-state index contributed by atoms with van der Waals surface area (Å²) in [5.41, 5.74) is 0.791. The molecule has 22 heavy (non-hydrogen) atoms. The molecule has 0 aliphatic heterocycles. The largest absolute Gasteiger partial charge is 0.412 e. The smallest absolute Gasteiger partial charge is 0.337 e. The minimum atomic E-state index is -4.68. The van der Waals surface area contributed by atoms with E-state index in [1.165, 1.54) is 12.1 Å². The maximum atomic E-state index is 13.1. The molecule has 1 unspecified atom stereocenters. The Morgan fingerprint density at radius 2 is 1.55 bits per heavy atom. The molecule has 1 N–H and O–H groups in total. The summed E-state index contributed by atoms with van der Waals surface area (Å²) in [5.74, 6) is -1.49. The van der Waals surface area contributed by atoms with Crippen molar-refractivity contribution in [1.29, 1.82) is 0 Å². The second kappa shape index (κ2) is 6.17. The van der Waals surface area contributed by atoms with Crippen LogP contribution in [0.3, 0.4) is 0 Å². The van der Waals surface area contributed by atoms with Gasteiger partial charge in [-0.2, -0.15) is 13.2 Å². The molecule has 2 rings (SSSR count). The maximum absolute atomic E-state index is 13.1. The van der Waals surface area contributed by atoms with Crippen molar-refractivity contribution in [2.24, 2.45) is 0 Å². The predicted octanol–water partition coefficient (Wildman–Crippen LogP) is 4.17. The van der Waals surface area contributed by atoms with Crippen LogP contribution in [0.15, 0.2) is 48.5 Å². The molecule has 0 saturated heterocycles. The van der Waals surface area contributed by atoms with Gasteiger partial charge in [0.15, 0.2) is 6.04 Å². The van der Waals surface area contributed by atoms with Gasteiger partial charge in [0.05, 0.1) is 0 Å². The van der Waals surface area contributed by atoms with Crippen LogP contribution < -0.4 is 5.32 Å². The van der Waals surface area contributed by atoms with Gasteiger partial charge in [-0.3, -0.25) is 4.79 Å². The number of hydrogen-bond donors (Lipinski definition) is 1. The number of halogens is 4. The molecule has 0 heterocycles. The molecular weight excluding hydrogens is 298 g/mol. The maximum Gasteiger partial charge on any atom is 0.412 e. The highest BCUT2D eigenvalue weighted by Crippen LogP contribution is 2.33. The molecule has 0 aromatic heterocycles. The topological polar surface area (TPSA) is 29.1 Å². The standard InChI is InChI=1S/C16H13F4NO/c1-10-2-4-12(5-3-10)15(22)21-14(16(18,19)20)11-6-8-13(17)9-7-11/h2-9,14H,1H3,(H,21,22). The molecule has 6 heteroatoms. The molecule has 0 fully saturated rings. The van der Waals surface area contributed by atoms with E-state index in [9.17, 15) is 22.4 Å². The lowest BCUT2D eigenvalue weighted by atomic mass is 10.1. The van der Waals surface area contributed by atoms with Crippen LogP contribution in [-0.4, -0.2) is 12.1 Å². The summed E-state index contributed by atoms with van der Waals surface area (Å²) in [4.78, 5) is 12.0. The highest BCUT2D eigenvalue weighted by atomic mass is 19.4. The molecule has 0 saturated carbocycles. The van der Waals surface area contributed by atoms with Crippen LogP contribution >= 0.6 is 0 Å². The summed E-state index contributed by atoms with van der Waals surface area (Å²) in [7, 11) is 0. The molecule has 2 aromatic rings. The third-order valence-electron chi connectivity index (χ3n) is 3.12. The van der Waals surface area contributed by atoms with Gasteiger partial charge in [-0.25, -0.2) is 4.39 Å². The van der Waals surface area contributed by atoms with Crippen LogP contribution in [-0.2, 0) is 0 Å². The lowest BCUT2D eigenvalue weighted by Crippen LogP contribution is -2.38. The van der Waals surface area contributed by atoms with E-state index in [0.29, 0.717) is 0 Å². The van der Waals surface area contributed by atoms with Crippen molar-refractivity contribution < 1.29 is 22.4 Å². The Labute approximate surface area is 124 Å². The lowest BCUT2D eigenvalue weighted by Gasteiger charge is -2.22. The number of amides is 1. The van der Waals surface area contributed by atoms with E-state index in [0.717, 1.165) is 29.8 Å². The van der Waals surface area contributed by atoms with Gasteiger partial charge < -0.3 is 5.32 Å². The molecule has 1 atom stereocenters. The summed E-state index contributed by atoms with van der Waals surface area (Å²) in [6.45, 7) is 1.80. The van der Waals surface area contributed by atoms with Gasteiger partial charge in [-0.1, -0.05) is 29.8 Å². The number of nitrogens with one attached hydrogen (secondary N) is 1. The van der Waals surface area contributed by atoms with E-state index >= 15 is 0 Å². The summed E-state index contributed by atoms with van der Waals surface area (Å²) >= 11 is 0. The number of aryl methyl sites for hydroxylation is 1. The van der Waals surface area contributed by atoms with E-state index in [-0.39, 0.29) is 11.1 Å². The van der Waals surface area contributed by atoms with Gasteiger partial charge in [0, 0.05) is 5.56 Å². The third-order valence-corrected chi connectivity index (χ3v) is 3.12. The summed E-state index contributed by atoms with van der Waals surface area (Å²) in [6.07, 6.45) is -4.68. The number of benzene rings is 2. The van der Waals surface area contributed by atoms with E-state index in [1.54, 1.807) is 19.1 Å². The molecule has 0 aliphatic carbocycles. The molecule has 116 valence electrons. The number of hydrogen-bond acceptors (Lipinski definition) is 1. The van der Waals surface area contributed by atoms with E-state index < -0.39 is 23.9 Å². The van der Waals surface area contributed by atoms with E-state index in [4.69, 9.17) is 0 Å². The van der Waals surface area contributed by atoms with Gasteiger partial charge >= 0.3 is 6.18 Å². The van der Waals surface area contributed by atoms with Crippen molar-refractivity contribution in [3.05, 3.63) is 71.0 Å². The van der Waals surface area contributed by atoms with Gasteiger partial charge in [0.25, 0.3) is 5.91 Å². The fourth-order valence-electron chi connectivity index (χ4n) is 1.93. The second-order valence-corrected chi connectivity index (χ2v) is 4.87. The van der Waals surface area contributed by atoms with Crippen molar-refractivity contribution in [1.82, 2.24) is 5.32 Å². The van der Waals surface area contributed by atoms with Gasteiger partial charge in [0.2, 0.25) is 0 Å². The first-order valence-electron chi connectivity index (χ1n) is 6.47. The number of rotatable bonds is 3. The minimum absolute atomic E-state index is 0.127. The fraction of sp³-hybridized carbons (Fsp3) is 0.188. The van der Waals surface area contributed by atoms with Crippen LogP contribution in [0.1, 0.15) is 27.5 Å². The average molecular weight is 311 g/mol. The van der Waals surface area contributed by atoms with Crippen molar-refractivity contribution in [3.8, 4) is 0 Å². The molecule has 0 aliphatic rings. The van der Waals surface area contributed by atoms with Crippen LogP contribution in [0.4, 0.5) is 17.6 Å². The first-order valence-corrected chi connectivity index (χ1v) is 6.47. The van der Waals surface area contributed by atoms with Crippen molar-refractivity contribution in [3.63, 3.8) is 0 Å². The molecule has 1 amide bonds. The number of alkyl halides is 3. The van der Waals surface area contributed by atoms with E-state index in [1.807, 2.05) is 5.32 Å². The van der Waals surface area contributed by atoms with Gasteiger partial charge in [0.1, 0.15) is 5.82 Å². The number of carbonyl (C=O) groups is 1. The van der Waals surface area contributed by atoms with Crippen LogP contribution in [0.2, 0.25) is 0 Å². The summed E-state index contributed by atoms with van der Waals surface area (Å²) in [6, 6.07) is 7.82. The summed E-state index contributed by atoms with van der Waals surface area (Å²) < 4.78 is 52.3.